The van der Waals surface area contributed by atoms with Gasteiger partial charge in [-0.15, -0.1) is 0 Å². The molecule has 5 nitrogen and oxygen atoms in total. The van der Waals surface area contributed by atoms with E-state index in [0.717, 1.165) is 43.2 Å². The lowest BCUT2D eigenvalue weighted by molar-refractivity contribution is -0.131. The molecule has 0 unspecified atom stereocenters. The molecule has 0 spiro atoms. The number of methoxy groups -OCH3 is 1. The highest BCUT2D eigenvalue weighted by molar-refractivity contribution is 5.78. The molecule has 1 aliphatic heterocycles. The Morgan fingerprint density at radius 2 is 1.65 bits per heavy atom. The lowest BCUT2D eigenvalue weighted by atomic mass is 10.2. The average molecular weight is 353 g/mol. The quantitative estimate of drug-likeness (QED) is 0.799. The standard InChI is InChI=1S/C21H27N3O2/c1-22(16-18-8-4-3-5-9-18)21(25)17-23-12-14-24(15-13-23)19-10-6-7-11-20(19)26-2/h3-11H,12-17H2,1-2H3. The fourth-order valence-electron chi connectivity index (χ4n) is 3.30. The zero-order chi connectivity index (χ0) is 18.4. The first-order valence-corrected chi connectivity index (χ1v) is 9.05. The van der Waals surface area contributed by atoms with E-state index in [1.54, 1.807) is 7.11 Å². The Morgan fingerprint density at radius 3 is 2.35 bits per heavy atom. The second-order valence-corrected chi connectivity index (χ2v) is 6.67. The molecule has 138 valence electrons. The van der Waals surface area contributed by atoms with Crippen molar-refractivity contribution < 1.29 is 9.53 Å². The number of rotatable bonds is 6. The van der Waals surface area contributed by atoms with Crippen LogP contribution in [-0.2, 0) is 11.3 Å². The van der Waals surface area contributed by atoms with Gasteiger partial charge in [-0.2, -0.15) is 0 Å². The second-order valence-electron chi connectivity index (χ2n) is 6.67. The minimum atomic E-state index is 0.166. The van der Waals surface area contributed by atoms with E-state index in [1.807, 2.05) is 48.3 Å². The summed E-state index contributed by atoms with van der Waals surface area (Å²) >= 11 is 0. The number of carbonyl (C=O) groups is 1. The van der Waals surface area contributed by atoms with Gasteiger partial charge in [0.05, 0.1) is 19.3 Å². The number of nitrogens with zero attached hydrogens (tertiary/aromatic N) is 3. The Hall–Kier alpha value is -2.53. The van der Waals surface area contributed by atoms with Gasteiger partial charge in [-0.3, -0.25) is 9.69 Å². The smallest absolute Gasteiger partial charge is 0.236 e. The van der Waals surface area contributed by atoms with E-state index < -0.39 is 0 Å². The summed E-state index contributed by atoms with van der Waals surface area (Å²) < 4.78 is 5.46. The second kappa shape index (κ2) is 8.72. The number of likely N-dealkylation sites (N-methyl/N-ethyl adjacent to an activating group) is 1. The van der Waals surface area contributed by atoms with E-state index in [0.29, 0.717) is 13.1 Å². The number of hydrogen-bond donors (Lipinski definition) is 0. The highest BCUT2D eigenvalue weighted by Gasteiger charge is 2.22. The summed E-state index contributed by atoms with van der Waals surface area (Å²) in [5.41, 5.74) is 2.28. The molecule has 0 saturated carbocycles. The summed E-state index contributed by atoms with van der Waals surface area (Å²) in [6, 6.07) is 18.2. The molecular formula is C21H27N3O2. The van der Waals surface area contributed by atoms with Gasteiger partial charge in [-0.25, -0.2) is 0 Å². The molecule has 3 rings (SSSR count). The van der Waals surface area contributed by atoms with Crippen molar-refractivity contribution in [1.82, 2.24) is 9.80 Å². The van der Waals surface area contributed by atoms with E-state index in [1.165, 1.54) is 0 Å². The molecule has 2 aromatic carbocycles. The largest absolute Gasteiger partial charge is 0.495 e. The number of benzene rings is 2. The molecule has 1 saturated heterocycles. The third-order valence-corrected chi connectivity index (χ3v) is 4.85. The molecular weight excluding hydrogens is 326 g/mol. The van der Waals surface area contributed by atoms with Gasteiger partial charge in [-0.1, -0.05) is 42.5 Å². The van der Waals surface area contributed by atoms with Gasteiger partial charge >= 0.3 is 0 Å². The van der Waals surface area contributed by atoms with E-state index in [2.05, 4.69) is 28.0 Å². The first kappa shape index (κ1) is 18.3. The van der Waals surface area contributed by atoms with Crippen LogP contribution in [0.2, 0.25) is 0 Å². The molecule has 0 atom stereocenters. The molecule has 1 amide bonds. The zero-order valence-electron chi connectivity index (χ0n) is 15.6. The normalized spacial score (nSPS) is 14.9. The number of ether oxygens (including phenoxy) is 1. The van der Waals surface area contributed by atoms with Crippen LogP contribution in [0.1, 0.15) is 5.56 Å². The van der Waals surface area contributed by atoms with Crippen LogP contribution in [0.3, 0.4) is 0 Å². The van der Waals surface area contributed by atoms with E-state index >= 15 is 0 Å². The van der Waals surface area contributed by atoms with Crippen molar-refractivity contribution in [3.63, 3.8) is 0 Å². The van der Waals surface area contributed by atoms with Gasteiger partial charge in [-0.05, 0) is 17.7 Å². The topological polar surface area (TPSA) is 36.0 Å². The first-order valence-electron chi connectivity index (χ1n) is 9.05. The summed E-state index contributed by atoms with van der Waals surface area (Å²) in [7, 11) is 3.58. The molecule has 0 bridgehead atoms. The zero-order valence-corrected chi connectivity index (χ0v) is 15.6. The van der Waals surface area contributed by atoms with Crippen molar-refractivity contribution in [2.45, 2.75) is 6.54 Å². The molecule has 0 radical (unpaired) electrons. The van der Waals surface area contributed by atoms with Crippen molar-refractivity contribution in [3.8, 4) is 5.75 Å². The van der Waals surface area contributed by atoms with E-state index in [9.17, 15) is 4.79 Å². The maximum absolute atomic E-state index is 12.5. The van der Waals surface area contributed by atoms with Crippen LogP contribution in [0.25, 0.3) is 0 Å². The highest BCUT2D eigenvalue weighted by Crippen LogP contribution is 2.28. The molecule has 0 aliphatic carbocycles. The molecule has 26 heavy (non-hydrogen) atoms. The third kappa shape index (κ3) is 4.55. The summed E-state index contributed by atoms with van der Waals surface area (Å²) in [6.07, 6.45) is 0. The Balaban J connectivity index is 1.50. The monoisotopic (exact) mass is 353 g/mol. The molecule has 0 N–H and O–H groups in total. The third-order valence-electron chi connectivity index (χ3n) is 4.85. The first-order chi connectivity index (χ1) is 12.7. The van der Waals surface area contributed by atoms with Crippen molar-refractivity contribution in [1.29, 1.82) is 0 Å². The van der Waals surface area contributed by atoms with E-state index in [-0.39, 0.29) is 5.91 Å². The maximum atomic E-state index is 12.5. The molecule has 2 aromatic rings. The molecule has 0 aromatic heterocycles. The number of amides is 1. The van der Waals surface area contributed by atoms with Crippen molar-refractivity contribution in [2.24, 2.45) is 0 Å². The number of hydrogen-bond acceptors (Lipinski definition) is 4. The average Bonchev–Trinajstić information content (AvgIpc) is 2.69. The van der Waals surface area contributed by atoms with Gasteiger partial charge < -0.3 is 14.5 Å². The van der Waals surface area contributed by atoms with Gasteiger partial charge in [0, 0.05) is 39.8 Å². The minimum Gasteiger partial charge on any atom is -0.495 e. The van der Waals surface area contributed by atoms with Crippen molar-refractivity contribution in [2.75, 3.05) is 51.8 Å². The van der Waals surface area contributed by atoms with Crippen LogP contribution >= 0.6 is 0 Å². The Labute approximate surface area is 155 Å². The molecule has 1 heterocycles. The van der Waals surface area contributed by atoms with Crippen LogP contribution < -0.4 is 9.64 Å². The fraction of sp³-hybridized carbons (Fsp3) is 0.381. The minimum absolute atomic E-state index is 0.166. The van der Waals surface area contributed by atoms with Gasteiger partial charge in [0.1, 0.15) is 5.75 Å². The van der Waals surface area contributed by atoms with Crippen LogP contribution in [0.4, 0.5) is 5.69 Å². The van der Waals surface area contributed by atoms with Gasteiger partial charge in [0.25, 0.3) is 0 Å². The van der Waals surface area contributed by atoms with Gasteiger partial charge in [0.15, 0.2) is 0 Å². The Morgan fingerprint density at radius 1 is 1.00 bits per heavy atom. The lowest BCUT2D eigenvalue weighted by Crippen LogP contribution is -2.49. The van der Waals surface area contributed by atoms with Crippen molar-refractivity contribution >= 4 is 11.6 Å². The van der Waals surface area contributed by atoms with Crippen LogP contribution in [0, 0.1) is 0 Å². The summed E-state index contributed by atoms with van der Waals surface area (Å²) in [6.45, 7) is 4.68. The predicted molar refractivity (Wildman–Crippen MR) is 105 cm³/mol. The van der Waals surface area contributed by atoms with E-state index in [4.69, 9.17) is 4.74 Å². The predicted octanol–water partition coefficient (Wildman–Crippen LogP) is 2.48. The van der Waals surface area contributed by atoms with Crippen molar-refractivity contribution in [3.05, 3.63) is 60.2 Å². The Bertz CT molecular complexity index is 712. The number of para-hydroxylation sites is 2. The SMILES string of the molecule is COc1ccccc1N1CCN(CC(=O)N(C)Cc2ccccc2)CC1. The highest BCUT2D eigenvalue weighted by atomic mass is 16.5. The summed E-state index contributed by atoms with van der Waals surface area (Å²) in [5.74, 6) is 1.07. The number of piperazine rings is 1. The van der Waals surface area contributed by atoms with Crippen LogP contribution in [0.15, 0.2) is 54.6 Å². The van der Waals surface area contributed by atoms with Crippen LogP contribution in [0.5, 0.6) is 5.75 Å². The molecule has 1 fully saturated rings. The summed E-state index contributed by atoms with van der Waals surface area (Å²) in [4.78, 5) is 18.9. The molecule has 1 aliphatic rings. The van der Waals surface area contributed by atoms with Gasteiger partial charge in [0.2, 0.25) is 5.91 Å². The lowest BCUT2D eigenvalue weighted by Gasteiger charge is -2.36. The Kier molecular flexibility index (Phi) is 6.12. The fourth-order valence-corrected chi connectivity index (χ4v) is 3.30. The summed E-state index contributed by atoms with van der Waals surface area (Å²) in [5, 5.41) is 0. The molecule has 5 heteroatoms. The number of carbonyl (C=O) groups excluding carboxylic acids is 1. The number of anilines is 1. The maximum Gasteiger partial charge on any atom is 0.236 e. The van der Waals surface area contributed by atoms with Crippen LogP contribution in [-0.4, -0.2) is 62.6 Å².